The van der Waals surface area contributed by atoms with Gasteiger partial charge in [0.15, 0.2) is 6.61 Å². The Morgan fingerprint density at radius 3 is 2.46 bits per heavy atom. The molecule has 5 N–H and O–H groups in total. The summed E-state index contributed by atoms with van der Waals surface area (Å²) in [6, 6.07) is 17.4. The van der Waals surface area contributed by atoms with Crippen LogP contribution in [-0.4, -0.2) is 81.9 Å². The number of aromatic nitrogens is 1. The molecule has 2 aliphatic heterocycles. The van der Waals surface area contributed by atoms with Gasteiger partial charge in [0.25, 0.3) is 5.91 Å². The number of carbonyl (C=O) groups is 5. The van der Waals surface area contributed by atoms with Crippen LogP contribution < -0.4 is 26.0 Å². The van der Waals surface area contributed by atoms with Crippen LogP contribution in [0.2, 0.25) is 0 Å². The molecule has 0 spiro atoms. The minimum Gasteiger partial charge on any atom is -0.483 e. The van der Waals surface area contributed by atoms with Gasteiger partial charge in [0, 0.05) is 53.3 Å². The number of ether oxygens (including phenoxy) is 1. The molecule has 4 fully saturated rings. The second kappa shape index (κ2) is 18.1. The van der Waals surface area contributed by atoms with Crippen molar-refractivity contribution in [3.8, 4) is 16.2 Å². The molecule has 3 aliphatic carbocycles. The summed E-state index contributed by atoms with van der Waals surface area (Å²) in [5.74, 6) is 0.451. The highest BCUT2D eigenvalue weighted by Crippen LogP contribution is 2.65. The first kappa shape index (κ1) is 46.5. The second-order valence-electron chi connectivity index (χ2n) is 21.3. The molecule has 3 heterocycles. The third-order valence-electron chi connectivity index (χ3n) is 16.2. The Bertz CT molecular complexity index is 2600. The van der Waals surface area contributed by atoms with Gasteiger partial charge in [-0.2, -0.15) is 0 Å². The number of benzene rings is 3. The number of hydrogen-bond acceptors (Lipinski definition) is 9. The fraction of sp³-hybridized carbons (Fsp3) is 0.509. The molecule has 10 atom stereocenters. The molecule has 67 heavy (non-hydrogen) atoms. The average molecular weight is 929 g/mol. The number of aliphatic hydroxyl groups is 1. The summed E-state index contributed by atoms with van der Waals surface area (Å²) in [4.78, 5) is 74.9. The summed E-state index contributed by atoms with van der Waals surface area (Å²) in [5.41, 5.74) is 4.47. The van der Waals surface area contributed by atoms with E-state index in [0.29, 0.717) is 29.2 Å². The fourth-order valence-corrected chi connectivity index (χ4v) is 13.4. The van der Waals surface area contributed by atoms with E-state index in [4.69, 9.17) is 4.74 Å². The predicted octanol–water partition coefficient (Wildman–Crippen LogP) is 7.31. The Balaban J connectivity index is 0.824. The van der Waals surface area contributed by atoms with Crippen molar-refractivity contribution in [2.45, 2.75) is 117 Å². The highest BCUT2D eigenvalue weighted by Gasteiger charge is 2.61. The number of nitrogens with zero attached hydrogens (tertiary/aromatic N) is 2. The lowest BCUT2D eigenvalue weighted by atomic mass is 9.48. The number of carbonyl (C=O) groups excluding carboxylic acids is 5. The van der Waals surface area contributed by atoms with Gasteiger partial charge in [-0.1, -0.05) is 89.2 Å². The van der Waals surface area contributed by atoms with Crippen molar-refractivity contribution in [3.05, 3.63) is 89.6 Å². The van der Waals surface area contributed by atoms with Gasteiger partial charge in [-0.05, 0) is 103 Å². The van der Waals surface area contributed by atoms with Crippen LogP contribution in [0.5, 0.6) is 5.75 Å². The molecule has 14 heteroatoms. The van der Waals surface area contributed by atoms with E-state index in [0.717, 1.165) is 71.0 Å². The van der Waals surface area contributed by atoms with Gasteiger partial charge in [-0.25, -0.2) is 4.98 Å². The SMILES string of the molecule is Cc1ncsc1-c1ccc(CNC(=O)[C@@H]2C[C@@H](O)CN2C(=O)[C@@H](NC(=O)COc2cccc3c(NC(=O)[C@H]4CC[C@H]5[C@@H]6CC[C@H]7NC(=O)C=C[C@]7(C)[C@H]6CC[C@]45C)cccc23)C(C)(C)C)cc1. The molecule has 1 saturated heterocycles. The van der Waals surface area contributed by atoms with Crippen LogP contribution in [0.15, 0.2) is 78.3 Å². The summed E-state index contributed by atoms with van der Waals surface area (Å²) in [6.45, 7) is 12.0. The average Bonchev–Trinajstić information content (AvgIpc) is 4.02. The first-order chi connectivity index (χ1) is 31.9. The fourth-order valence-electron chi connectivity index (χ4n) is 12.6. The third kappa shape index (κ3) is 8.87. The summed E-state index contributed by atoms with van der Waals surface area (Å²) in [6.07, 6.45) is 8.97. The molecule has 5 aliphatic rings. The Hall–Kier alpha value is -5.60. The minimum absolute atomic E-state index is 0.00541. The Kier molecular flexibility index (Phi) is 12.6. The van der Waals surface area contributed by atoms with E-state index in [1.807, 2.05) is 87.8 Å². The maximum absolute atomic E-state index is 14.3. The molecule has 3 aromatic carbocycles. The number of nitrogens with one attached hydrogen (secondary N) is 4. The van der Waals surface area contributed by atoms with Crippen LogP contribution in [0.1, 0.15) is 90.8 Å². The first-order valence-electron chi connectivity index (χ1n) is 23.9. The number of amides is 5. The van der Waals surface area contributed by atoms with Crippen LogP contribution >= 0.6 is 11.3 Å². The van der Waals surface area contributed by atoms with Gasteiger partial charge < -0.3 is 36.0 Å². The van der Waals surface area contributed by atoms with Crippen molar-refractivity contribution in [1.29, 1.82) is 0 Å². The maximum Gasteiger partial charge on any atom is 0.258 e. The molecule has 9 rings (SSSR count). The molecule has 1 aromatic heterocycles. The maximum atomic E-state index is 14.3. The number of fused-ring (bicyclic) bond motifs is 6. The minimum atomic E-state index is -1.02. The monoisotopic (exact) mass is 928 g/mol. The van der Waals surface area contributed by atoms with Gasteiger partial charge in [-0.15, -0.1) is 11.3 Å². The predicted molar refractivity (Wildman–Crippen MR) is 259 cm³/mol. The third-order valence-corrected chi connectivity index (χ3v) is 17.2. The number of thiazole rings is 1. The molecule has 354 valence electrons. The van der Waals surface area contributed by atoms with Crippen LogP contribution in [0.3, 0.4) is 0 Å². The Labute approximate surface area is 396 Å². The van der Waals surface area contributed by atoms with Gasteiger partial charge >= 0.3 is 0 Å². The highest BCUT2D eigenvalue weighted by atomic mass is 32.1. The van der Waals surface area contributed by atoms with E-state index in [9.17, 15) is 29.1 Å². The largest absolute Gasteiger partial charge is 0.483 e. The van der Waals surface area contributed by atoms with Crippen LogP contribution in [0, 0.1) is 46.8 Å². The Morgan fingerprint density at radius 2 is 1.72 bits per heavy atom. The molecule has 0 radical (unpaired) electrons. The van der Waals surface area contributed by atoms with Gasteiger partial charge in [0.2, 0.25) is 23.6 Å². The zero-order valence-electron chi connectivity index (χ0n) is 39.4. The lowest BCUT2D eigenvalue weighted by Crippen LogP contribution is -2.59. The number of aryl methyl sites for hydroxylation is 1. The number of β-amino-alcohol motifs (C(OH)–C–C–N with tert-alkyl or cyclic N) is 1. The summed E-state index contributed by atoms with van der Waals surface area (Å²) in [7, 11) is 0. The van der Waals surface area contributed by atoms with E-state index in [2.05, 4.69) is 46.2 Å². The molecule has 0 bridgehead atoms. The lowest BCUT2D eigenvalue weighted by molar-refractivity contribution is -0.144. The molecular weight excluding hydrogens is 865 g/mol. The topological polar surface area (TPSA) is 179 Å². The van der Waals surface area contributed by atoms with Crippen molar-refractivity contribution in [3.63, 3.8) is 0 Å². The van der Waals surface area contributed by atoms with Crippen molar-refractivity contribution in [1.82, 2.24) is 25.8 Å². The molecule has 5 amide bonds. The first-order valence-corrected chi connectivity index (χ1v) is 24.8. The number of hydrogen-bond donors (Lipinski definition) is 5. The lowest BCUT2D eigenvalue weighted by Gasteiger charge is -2.58. The van der Waals surface area contributed by atoms with Gasteiger partial charge in [0.1, 0.15) is 17.8 Å². The van der Waals surface area contributed by atoms with Crippen LogP contribution in [0.4, 0.5) is 5.69 Å². The van der Waals surface area contributed by atoms with Gasteiger partial charge in [-0.3, -0.25) is 24.0 Å². The van der Waals surface area contributed by atoms with E-state index in [1.165, 1.54) is 4.90 Å². The van der Waals surface area contributed by atoms with Crippen molar-refractivity contribution in [2.24, 2.45) is 39.9 Å². The van der Waals surface area contributed by atoms with Crippen molar-refractivity contribution >= 4 is 57.3 Å². The smallest absolute Gasteiger partial charge is 0.258 e. The van der Waals surface area contributed by atoms with E-state index in [-0.39, 0.29) is 66.6 Å². The van der Waals surface area contributed by atoms with Crippen molar-refractivity contribution in [2.75, 3.05) is 18.5 Å². The molecule has 4 aromatic rings. The molecule has 0 unspecified atom stereocenters. The standard InChI is InChI=1S/C53H64N6O7S/c1-30-46(67-29-55-30)32-15-13-31(14-16-32)26-54-49(64)41-25-33(60)27-59(41)50(65)47(51(2,3)4)58-45(62)28-66-42-12-8-9-34-35(42)10-7-11-40(34)56-48(63)39-19-18-37-36-17-20-43-53(6,24-22-44(61)57-43)38(36)21-23-52(37,39)5/h7-16,22,24,29,33,36-39,41,43,47,60H,17-21,23,25-28H2,1-6H3,(H,54,64)(H,56,63)(H,57,61)(H,58,62)/t33-,36+,37+,38+,39-,41+,43-,47-,52+,53-/m1/s1. The summed E-state index contributed by atoms with van der Waals surface area (Å²) < 4.78 is 6.15. The summed E-state index contributed by atoms with van der Waals surface area (Å²) in [5, 5.41) is 24.6. The Morgan fingerprint density at radius 1 is 0.955 bits per heavy atom. The highest BCUT2D eigenvalue weighted by molar-refractivity contribution is 7.13. The number of aliphatic hydroxyl groups excluding tert-OH is 1. The van der Waals surface area contributed by atoms with Gasteiger partial charge in [0.05, 0.1) is 22.2 Å². The van der Waals surface area contributed by atoms with E-state index in [1.54, 1.807) is 23.5 Å². The van der Waals surface area contributed by atoms with Crippen molar-refractivity contribution < 1.29 is 33.8 Å². The zero-order valence-corrected chi connectivity index (χ0v) is 40.2. The normalized spacial score (nSPS) is 29.3. The second-order valence-corrected chi connectivity index (χ2v) is 22.1. The summed E-state index contributed by atoms with van der Waals surface area (Å²) >= 11 is 1.57. The van der Waals surface area contributed by atoms with Crippen LogP contribution in [0.25, 0.3) is 21.2 Å². The zero-order chi connectivity index (χ0) is 47.4. The quantitative estimate of drug-likeness (QED) is 0.104. The molecule has 13 nitrogen and oxygen atoms in total. The molecule has 3 saturated carbocycles. The number of likely N-dealkylation sites (tertiary alicyclic amines) is 1. The number of rotatable bonds is 11. The molecular formula is C53H64N6O7S. The van der Waals surface area contributed by atoms with E-state index < -0.39 is 35.4 Å². The van der Waals surface area contributed by atoms with Crippen LogP contribution in [-0.2, 0) is 30.5 Å². The van der Waals surface area contributed by atoms with E-state index >= 15 is 0 Å². The number of anilines is 1.